The highest BCUT2D eigenvalue weighted by Crippen LogP contribution is 2.36. The molecule has 1 aliphatic rings. The molecule has 0 bridgehead atoms. The minimum Gasteiger partial charge on any atom is -0.379 e. The third-order valence-corrected chi connectivity index (χ3v) is 4.91. The van der Waals surface area contributed by atoms with Gasteiger partial charge in [0.25, 0.3) is 0 Å². The molecule has 21 heavy (non-hydrogen) atoms. The van der Waals surface area contributed by atoms with Crippen LogP contribution in [0.1, 0.15) is 43.0 Å². The van der Waals surface area contributed by atoms with Gasteiger partial charge >= 0.3 is 0 Å². The summed E-state index contributed by atoms with van der Waals surface area (Å²) >= 11 is 0. The van der Waals surface area contributed by atoms with Crippen molar-refractivity contribution in [2.24, 2.45) is 5.73 Å². The van der Waals surface area contributed by atoms with Crippen LogP contribution in [0.4, 0.5) is 4.39 Å². The van der Waals surface area contributed by atoms with Crippen molar-refractivity contribution in [2.75, 3.05) is 26.3 Å². The molecular weight excluding hydrogens is 267 g/mol. The van der Waals surface area contributed by atoms with Gasteiger partial charge in [-0.05, 0) is 44.4 Å². The maximum atomic E-state index is 14.5. The van der Waals surface area contributed by atoms with Crippen molar-refractivity contribution in [2.45, 2.75) is 45.7 Å². The van der Waals surface area contributed by atoms with Crippen LogP contribution in [-0.4, -0.2) is 36.7 Å². The van der Waals surface area contributed by atoms with Gasteiger partial charge in [0.15, 0.2) is 0 Å². The first-order chi connectivity index (χ1) is 9.90. The quantitative estimate of drug-likeness (QED) is 0.928. The van der Waals surface area contributed by atoms with E-state index in [-0.39, 0.29) is 17.4 Å². The van der Waals surface area contributed by atoms with E-state index in [1.165, 1.54) is 0 Å². The molecular formula is C17H27FN2O. The van der Waals surface area contributed by atoms with Crippen LogP contribution in [0.3, 0.4) is 0 Å². The van der Waals surface area contributed by atoms with E-state index in [2.05, 4.69) is 18.7 Å². The Kier molecular flexibility index (Phi) is 5.02. The molecule has 118 valence electrons. The molecule has 0 aromatic heterocycles. The number of benzene rings is 1. The van der Waals surface area contributed by atoms with Crippen LogP contribution in [0.5, 0.6) is 0 Å². The second-order valence-electron chi connectivity index (χ2n) is 6.27. The molecule has 1 aliphatic heterocycles. The van der Waals surface area contributed by atoms with E-state index in [1.807, 2.05) is 19.9 Å². The molecule has 3 nitrogen and oxygen atoms in total. The van der Waals surface area contributed by atoms with Crippen LogP contribution in [0.15, 0.2) is 12.1 Å². The van der Waals surface area contributed by atoms with E-state index in [9.17, 15) is 4.39 Å². The molecule has 1 aromatic rings. The van der Waals surface area contributed by atoms with Gasteiger partial charge in [-0.15, -0.1) is 0 Å². The minimum absolute atomic E-state index is 0.187. The van der Waals surface area contributed by atoms with Crippen molar-refractivity contribution in [3.8, 4) is 0 Å². The molecule has 2 atom stereocenters. The number of morpholine rings is 1. The predicted molar refractivity (Wildman–Crippen MR) is 83.9 cm³/mol. The lowest BCUT2D eigenvalue weighted by molar-refractivity contribution is -0.0282. The zero-order valence-electron chi connectivity index (χ0n) is 13.6. The van der Waals surface area contributed by atoms with Crippen molar-refractivity contribution in [3.63, 3.8) is 0 Å². The molecule has 2 rings (SSSR count). The van der Waals surface area contributed by atoms with Gasteiger partial charge in [-0.2, -0.15) is 0 Å². The standard InChI is InChI=1S/C17H27FN2O/c1-5-17(4,20-6-8-21-9-7-20)16(19)15-13(3)10-12(2)11-14(15)18/h10-11,16H,5-9,19H2,1-4H3. The Bertz CT molecular complexity index is 477. The largest absolute Gasteiger partial charge is 0.379 e. The van der Waals surface area contributed by atoms with Gasteiger partial charge in [-0.25, -0.2) is 4.39 Å². The smallest absolute Gasteiger partial charge is 0.128 e. The molecule has 4 heteroatoms. The molecule has 1 saturated heterocycles. The molecule has 2 N–H and O–H groups in total. The molecule has 0 spiro atoms. The van der Waals surface area contributed by atoms with Gasteiger partial charge in [-0.1, -0.05) is 13.0 Å². The summed E-state index contributed by atoms with van der Waals surface area (Å²) in [6, 6.07) is 3.24. The zero-order valence-corrected chi connectivity index (χ0v) is 13.6. The predicted octanol–water partition coefficient (Wildman–Crippen LogP) is 2.94. The van der Waals surface area contributed by atoms with Gasteiger partial charge in [0.05, 0.1) is 19.3 Å². The van der Waals surface area contributed by atoms with Gasteiger partial charge in [-0.3, -0.25) is 4.90 Å². The summed E-state index contributed by atoms with van der Waals surface area (Å²) in [5.74, 6) is -0.187. The maximum absolute atomic E-state index is 14.5. The summed E-state index contributed by atoms with van der Waals surface area (Å²) in [6.07, 6.45) is 0.876. The van der Waals surface area contributed by atoms with Gasteiger partial charge < -0.3 is 10.5 Å². The number of nitrogens with two attached hydrogens (primary N) is 1. The molecule has 1 fully saturated rings. The maximum Gasteiger partial charge on any atom is 0.128 e. The van der Waals surface area contributed by atoms with Gasteiger partial charge in [0.1, 0.15) is 5.82 Å². The first-order valence-electron chi connectivity index (χ1n) is 7.75. The Morgan fingerprint density at radius 3 is 2.48 bits per heavy atom. The van der Waals surface area contributed by atoms with Gasteiger partial charge in [0.2, 0.25) is 0 Å². The number of halogens is 1. The number of nitrogens with zero attached hydrogens (tertiary/aromatic N) is 1. The Morgan fingerprint density at radius 1 is 1.33 bits per heavy atom. The van der Waals surface area contributed by atoms with Crippen LogP contribution >= 0.6 is 0 Å². The fourth-order valence-electron chi connectivity index (χ4n) is 3.35. The highest BCUT2D eigenvalue weighted by Gasteiger charge is 2.39. The van der Waals surface area contributed by atoms with E-state index >= 15 is 0 Å². The first kappa shape index (κ1) is 16.4. The molecule has 0 radical (unpaired) electrons. The zero-order chi connectivity index (χ0) is 15.6. The van der Waals surface area contributed by atoms with Gasteiger partial charge in [0, 0.05) is 24.2 Å². The minimum atomic E-state index is -0.346. The second kappa shape index (κ2) is 6.42. The Balaban J connectivity index is 2.37. The summed E-state index contributed by atoms with van der Waals surface area (Å²) in [5, 5.41) is 0. The monoisotopic (exact) mass is 294 g/mol. The number of hydrogen-bond acceptors (Lipinski definition) is 3. The van der Waals surface area contributed by atoms with E-state index in [4.69, 9.17) is 10.5 Å². The number of aryl methyl sites for hydroxylation is 2. The number of hydrogen-bond donors (Lipinski definition) is 1. The van der Waals surface area contributed by atoms with Crippen LogP contribution < -0.4 is 5.73 Å². The first-order valence-corrected chi connectivity index (χ1v) is 7.75. The third-order valence-electron chi connectivity index (χ3n) is 4.91. The van der Waals surface area contributed by atoms with Crippen LogP contribution in [0, 0.1) is 19.7 Å². The summed E-state index contributed by atoms with van der Waals surface area (Å²) in [4.78, 5) is 2.35. The Morgan fingerprint density at radius 2 is 1.95 bits per heavy atom. The van der Waals surface area contributed by atoms with Crippen molar-refractivity contribution in [1.82, 2.24) is 4.90 Å². The summed E-state index contributed by atoms with van der Waals surface area (Å²) in [5.41, 5.74) is 8.81. The van der Waals surface area contributed by atoms with Crippen molar-refractivity contribution in [3.05, 3.63) is 34.6 Å². The molecule has 1 heterocycles. The highest BCUT2D eigenvalue weighted by molar-refractivity contribution is 5.36. The normalized spacial score (nSPS) is 21.0. The van der Waals surface area contributed by atoms with E-state index in [1.54, 1.807) is 6.07 Å². The summed E-state index contributed by atoms with van der Waals surface area (Å²) < 4.78 is 19.9. The lowest BCUT2D eigenvalue weighted by Crippen LogP contribution is -2.57. The molecule has 0 aliphatic carbocycles. The van der Waals surface area contributed by atoms with Crippen molar-refractivity contribution in [1.29, 1.82) is 0 Å². The Hall–Kier alpha value is -0.970. The average molecular weight is 294 g/mol. The van der Waals surface area contributed by atoms with Crippen LogP contribution in [-0.2, 0) is 4.74 Å². The van der Waals surface area contributed by atoms with Crippen molar-refractivity contribution < 1.29 is 9.13 Å². The lowest BCUT2D eigenvalue weighted by atomic mass is 9.81. The number of ether oxygens (including phenoxy) is 1. The third kappa shape index (κ3) is 3.12. The topological polar surface area (TPSA) is 38.5 Å². The van der Waals surface area contributed by atoms with E-state index in [0.717, 1.165) is 43.9 Å². The highest BCUT2D eigenvalue weighted by atomic mass is 19.1. The summed E-state index contributed by atoms with van der Waals surface area (Å²) in [6.45, 7) is 11.3. The SMILES string of the molecule is CCC(C)(C(N)c1c(C)cc(C)cc1F)N1CCOCC1. The van der Waals surface area contributed by atoms with Crippen LogP contribution in [0.25, 0.3) is 0 Å². The lowest BCUT2D eigenvalue weighted by Gasteiger charge is -2.47. The molecule has 1 aromatic carbocycles. The molecule has 0 amide bonds. The molecule has 0 saturated carbocycles. The Labute approximate surface area is 127 Å². The number of rotatable bonds is 4. The van der Waals surface area contributed by atoms with Crippen molar-refractivity contribution >= 4 is 0 Å². The van der Waals surface area contributed by atoms with Crippen LogP contribution in [0.2, 0.25) is 0 Å². The van der Waals surface area contributed by atoms with E-state index in [0.29, 0.717) is 5.56 Å². The molecule has 2 unspecified atom stereocenters. The fourth-order valence-corrected chi connectivity index (χ4v) is 3.35. The average Bonchev–Trinajstić information content (AvgIpc) is 2.46. The summed E-state index contributed by atoms with van der Waals surface area (Å²) in [7, 11) is 0. The second-order valence-corrected chi connectivity index (χ2v) is 6.27. The fraction of sp³-hybridized carbons (Fsp3) is 0.647. The van der Waals surface area contributed by atoms with E-state index < -0.39 is 0 Å².